The number of alkyl halides is 3. The zero-order valence-electron chi connectivity index (χ0n) is 18.7. The second-order valence-corrected chi connectivity index (χ2v) is 8.30. The minimum Gasteiger partial charge on any atom is -0.464 e. The summed E-state index contributed by atoms with van der Waals surface area (Å²) in [7, 11) is 1.22. The molecule has 11 heteroatoms. The first-order valence-electron chi connectivity index (χ1n) is 11.0. The van der Waals surface area contributed by atoms with Crippen LogP contribution in [0.4, 0.5) is 13.2 Å². The number of carbonyl (C=O) groups is 1. The van der Waals surface area contributed by atoms with Crippen LogP contribution in [0.1, 0.15) is 36.0 Å². The first-order chi connectivity index (χ1) is 16.8. The fourth-order valence-electron chi connectivity index (χ4n) is 4.53. The maximum Gasteiger partial charge on any atom is 0.406 e. The van der Waals surface area contributed by atoms with Gasteiger partial charge < -0.3 is 9.47 Å². The predicted molar refractivity (Wildman–Crippen MR) is 121 cm³/mol. The molecule has 0 saturated carbocycles. The number of aromatic nitrogens is 4. The molecule has 0 N–H and O–H groups in total. The summed E-state index contributed by atoms with van der Waals surface area (Å²) < 4.78 is 53.4. The number of benzene rings is 1. The Morgan fingerprint density at radius 2 is 2.06 bits per heavy atom. The first-order valence-corrected chi connectivity index (χ1v) is 11.0. The molecule has 1 unspecified atom stereocenters. The van der Waals surface area contributed by atoms with Gasteiger partial charge in [-0.3, -0.25) is 9.36 Å². The maximum absolute atomic E-state index is 13.5. The van der Waals surface area contributed by atoms with Crippen molar-refractivity contribution in [1.29, 1.82) is 0 Å². The molecule has 0 aliphatic carbocycles. The molecule has 0 amide bonds. The Labute approximate surface area is 196 Å². The van der Waals surface area contributed by atoms with Crippen LogP contribution in [0.2, 0.25) is 0 Å². The molecule has 3 aromatic heterocycles. The van der Waals surface area contributed by atoms with Crippen LogP contribution in [0.15, 0.2) is 47.5 Å². The summed E-state index contributed by atoms with van der Waals surface area (Å²) in [5.74, 6) is -0.684. The topological polar surface area (TPSA) is 88.2 Å². The zero-order chi connectivity index (χ0) is 24.7. The molecule has 1 atom stereocenters. The number of nitrogens with zero attached hydrogens (tertiary/aromatic N) is 4. The fourth-order valence-corrected chi connectivity index (χ4v) is 4.53. The summed E-state index contributed by atoms with van der Waals surface area (Å²) in [5, 5.41) is 4.83. The average molecular weight is 486 g/mol. The van der Waals surface area contributed by atoms with Crippen LogP contribution in [0.3, 0.4) is 0 Å². The lowest BCUT2D eigenvalue weighted by Crippen LogP contribution is -2.29. The molecule has 0 bridgehead atoms. The Balaban J connectivity index is 1.80. The highest BCUT2D eigenvalue weighted by atomic mass is 19.4. The van der Waals surface area contributed by atoms with Crippen LogP contribution in [0.5, 0.6) is 0 Å². The van der Waals surface area contributed by atoms with Crippen molar-refractivity contribution in [3.63, 3.8) is 0 Å². The fraction of sp³-hybridized carbons (Fsp3) is 0.333. The quantitative estimate of drug-likeness (QED) is 0.396. The van der Waals surface area contributed by atoms with Gasteiger partial charge in [0, 0.05) is 23.8 Å². The largest absolute Gasteiger partial charge is 0.464 e. The second-order valence-electron chi connectivity index (χ2n) is 8.30. The van der Waals surface area contributed by atoms with E-state index in [1.165, 1.54) is 25.6 Å². The molecule has 1 aromatic carbocycles. The number of fused-ring (bicyclic) bond motifs is 3. The van der Waals surface area contributed by atoms with Gasteiger partial charge in [-0.25, -0.2) is 14.5 Å². The number of halogens is 3. The average Bonchev–Trinajstić information content (AvgIpc) is 3.31. The Bertz CT molecular complexity index is 1490. The van der Waals surface area contributed by atoms with Crippen molar-refractivity contribution in [2.75, 3.05) is 13.7 Å². The van der Waals surface area contributed by atoms with Crippen molar-refractivity contribution in [3.05, 3.63) is 58.8 Å². The molecule has 0 radical (unpaired) electrons. The number of pyridine rings is 2. The molecule has 4 heterocycles. The highest BCUT2D eigenvalue weighted by Gasteiger charge is 2.31. The molecule has 1 saturated heterocycles. The number of hydrogen-bond donors (Lipinski definition) is 0. The van der Waals surface area contributed by atoms with E-state index in [9.17, 15) is 22.8 Å². The van der Waals surface area contributed by atoms with Crippen molar-refractivity contribution < 1.29 is 27.4 Å². The van der Waals surface area contributed by atoms with E-state index in [-0.39, 0.29) is 16.6 Å². The maximum atomic E-state index is 13.5. The minimum absolute atomic E-state index is 0.0146. The third-order valence-corrected chi connectivity index (χ3v) is 6.08. The van der Waals surface area contributed by atoms with Crippen molar-refractivity contribution in [3.8, 4) is 11.1 Å². The van der Waals surface area contributed by atoms with Gasteiger partial charge in [-0.15, -0.1) is 0 Å². The third kappa shape index (κ3) is 4.16. The summed E-state index contributed by atoms with van der Waals surface area (Å²) in [4.78, 5) is 29.6. The molecule has 8 nitrogen and oxygen atoms in total. The summed E-state index contributed by atoms with van der Waals surface area (Å²) >= 11 is 0. The van der Waals surface area contributed by atoms with Crippen LogP contribution in [-0.4, -0.2) is 45.2 Å². The highest BCUT2D eigenvalue weighted by Crippen LogP contribution is 2.33. The van der Waals surface area contributed by atoms with Gasteiger partial charge in [0.15, 0.2) is 11.9 Å². The molecular formula is C24H21F3N4O4. The van der Waals surface area contributed by atoms with Crippen LogP contribution < -0.4 is 5.56 Å². The van der Waals surface area contributed by atoms with E-state index in [1.54, 1.807) is 28.9 Å². The normalized spacial score (nSPS) is 16.6. The molecule has 5 rings (SSSR count). The Hall–Kier alpha value is -3.73. The lowest BCUT2D eigenvalue weighted by Gasteiger charge is -2.24. The van der Waals surface area contributed by atoms with E-state index in [0.29, 0.717) is 39.6 Å². The molecule has 1 aliphatic rings. The smallest absolute Gasteiger partial charge is 0.406 e. The van der Waals surface area contributed by atoms with Crippen LogP contribution in [-0.2, 0) is 16.0 Å². The SMILES string of the molecule is COC(=O)c1ncccc1-c1ccc2c3c(cnn3C3CCCCO3)c(=O)n(CC(F)(F)F)c2c1. The lowest BCUT2D eigenvalue weighted by atomic mass is 10.0. The third-order valence-electron chi connectivity index (χ3n) is 6.08. The number of carbonyl (C=O) groups excluding carboxylic acids is 1. The lowest BCUT2D eigenvalue weighted by molar-refractivity contribution is -0.140. The summed E-state index contributed by atoms with van der Waals surface area (Å²) in [5.41, 5.74) is 0.483. The Morgan fingerprint density at radius 1 is 1.23 bits per heavy atom. The van der Waals surface area contributed by atoms with Gasteiger partial charge in [0.05, 0.1) is 29.7 Å². The van der Waals surface area contributed by atoms with Crippen LogP contribution in [0.25, 0.3) is 32.9 Å². The van der Waals surface area contributed by atoms with Gasteiger partial charge in [-0.2, -0.15) is 18.3 Å². The van der Waals surface area contributed by atoms with Crippen molar-refractivity contribution in [1.82, 2.24) is 19.3 Å². The molecule has 0 spiro atoms. The molecule has 4 aromatic rings. The summed E-state index contributed by atoms with van der Waals surface area (Å²) in [6.45, 7) is -0.930. The van der Waals surface area contributed by atoms with Crippen molar-refractivity contribution in [2.24, 2.45) is 0 Å². The van der Waals surface area contributed by atoms with Gasteiger partial charge in [0.1, 0.15) is 6.54 Å². The molecule has 35 heavy (non-hydrogen) atoms. The van der Waals surface area contributed by atoms with Crippen LogP contribution >= 0.6 is 0 Å². The second kappa shape index (κ2) is 8.81. The Kier molecular flexibility index (Phi) is 5.79. The van der Waals surface area contributed by atoms with E-state index < -0.39 is 30.5 Å². The van der Waals surface area contributed by atoms with Gasteiger partial charge in [-0.1, -0.05) is 18.2 Å². The van der Waals surface area contributed by atoms with E-state index in [2.05, 4.69) is 10.1 Å². The van der Waals surface area contributed by atoms with Crippen molar-refractivity contribution in [2.45, 2.75) is 38.2 Å². The predicted octanol–water partition coefficient (Wildman–Crippen LogP) is 4.46. The summed E-state index contributed by atoms with van der Waals surface area (Å²) in [6, 6.07) is 7.99. The number of rotatable bonds is 4. The number of methoxy groups -OCH3 is 1. The van der Waals surface area contributed by atoms with Gasteiger partial charge in [0.25, 0.3) is 5.56 Å². The number of ether oxygens (including phenoxy) is 2. The first kappa shape index (κ1) is 23.0. The number of hydrogen-bond acceptors (Lipinski definition) is 6. The van der Waals surface area contributed by atoms with Gasteiger partial charge in [-0.05, 0) is 37.0 Å². The van der Waals surface area contributed by atoms with Crippen LogP contribution in [0, 0.1) is 0 Å². The monoisotopic (exact) mass is 486 g/mol. The molecule has 1 aliphatic heterocycles. The van der Waals surface area contributed by atoms with E-state index in [1.807, 2.05) is 0 Å². The van der Waals surface area contributed by atoms with Gasteiger partial charge in [0.2, 0.25) is 0 Å². The standard InChI is InChI=1S/C24H21F3N4O4/c1-34-23(33)20-15(5-4-9-28-20)14-7-8-16-18(11-14)30(13-24(25,26)27)22(32)17-12-29-31(21(16)17)19-6-2-3-10-35-19/h4-5,7-9,11-12,19H,2-3,6,10,13H2,1H3. The van der Waals surface area contributed by atoms with E-state index in [0.717, 1.165) is 12.8 Å². The summed E-state index contributed by atoms with van der Waals surface area (Å²) in [6.07, 6.45) is 0.178. The van der Waals surface area contributed by atoms with Gasteiger partial charge >= 0.3 is 12.1 Å². The van der Waals surface area contributed by atoms with E-state index >= 15 is 0 Å². The molecular weight excluding hydrogens is 465 g/mol. The van der Waals surface area contributed by atoms with E-state index in [4.69, 9.17) is 9.47 Å². The zero-order valence-corrected chi connectivity index (χ0v) is 18.7. The minimum atomic E-state index is -4.63. The number of esters is 1. The molecule has 182 valence electrons. The van der Waals surface area contributed by atoms with Crippen molar-refractivity contribution >= 4 is 27.8 Å². The highest BCUT2D eigenvalue weighted by molar-refractivity contribution is 6.05. The Morgan fingerprint density at radius 3 is 2.77 bits per heavy atom. The molecule has 1 fully saturated rings.